The number of aliphatic carboxylic acids is 1. The van der Waals surface area contributed by atoms with Gasteiger partial charge in [-0.05, 0) is 12.0 Å². The van der Waals surface area contributed by atoms with Crippen LogP contribution in [0.2, 0.25) is 0 Å². The number of amides is 1. The second-order valence-electron chi connectivity index (χ2n) is 5.33. The zero-order valence-corrected chi connectivity index (χ0v) is 12.2. The van der Waals surface area contributed by atoms with E-state index in [1.165, 1.54) is 4.90 Å². The van der Waals surface area contributed by atoms with Crippen LogP contribution < -0.4 is 0 Å². The Morgan fingerprint density at radius 1 is 1.27 bits per heavy atom. The summed E-state index contributed by atoms with van der Waals surface area (Å²) in [6.07, 6.45) is -0.0123. The zero-order chi connectivity index (χ0) is 15.9. The van der Waals surface area contributed by atoms with Crippen molar-refractivity contribution in [2.75, 3.05) is 13.1 Å². The van der Waals surface area contributed by atoms with Crippen LogP contribution in [0.5, 0.6) is 0 Å². The summed E-state index contributed by atoms with van der Waals surface area (Å²) in [5, 5.41) is 8.70. The number of carbonyl (C=O) groups is 3. The molecule has 1 saturated heterocycles. The number of nitrogens with zero attached hydrogens (tertiary/aromatic N) is 1. The molecule has 0 saturated carbocycles. The lowest BCUT2D eigenvalue weighted by molar-refractivity contribution is -0.137. The van der Waals surface area contributed by atoms with Gasteiger partial charge < -0.3 is 14.7 Å². The van der Waals surface area contributed by atoms with Gasteiger partial charge in [-0.15, -0.1) is 0 Å². The van der Waals surface area contributed by atoms with Crippen LogP contribution in [-0.2, 0) is 20.9 Å². The molecule has 2 rings (SSSR count). The summed E-state index contributed by atoms with van der Waals surface area (Å²) >= 11 is 0. The maximum atomic E-state index is 12.0. The SMILES string of the molecule is O=C(O)CCC1CN(C(=O)OCc2ccccc2)CCC1=O. The first kappa shape index (κ1) is 16.0. The molecule has 22 heavy (non-hydrogen) atoms. The number of hydrogen-bond acceptors (Lipinski definition) is 4. The molecule has 1 atom stereocenters. The van der Waals surface area contributed by atoms with Gasteiger partial charge in [0.15, 0.2) is 0 Å². The number of carboxylic acid groups (broad SMARTS) is 1. The van der Waals surface area contributed by atoms with E-state index in [0.717, 1.165) is 5.56 Å². The van der Waals surface area contributed by atoms with Crippen LogP contribution in [0.4, 0.5) is 4.79 Å². The van der Waals surface area contributed by atoms with Crippen LogP contribution in [-0.4, -0.2) is 40.9 Å². The van der Waals surface area contributed by atoms with Gasteiger partial charge in [0.2, 0.25) is 0 Å². The average Bonchev–Trinajstić information content (AvgIpc) is 2.52. The summed E-state index contributed by atoms with van der Waals surface area (Å²) in [6, 6.07) is 9.34. The van der Waals surface area contributed by atoms with E-state index in [4.69, 9.17) is 9.84 Å². The molecule has 1 aliphatic heterocycles. The molecule has 6 nitrogen and oxygen atoms in total. The minimum absolute atomic E-state index is 0.0216. The Balaban J connectivity index is 1.84. The van der Waals surface area contributed by atoms with Crippen molar-refractivity contribution < 1.29 is 24.2 Å². The highest BCUT2D eigenvalue weighted by atomic mass is 16.6. The smallest absolute Gasteiger partial charge is 0.410 e. The van der Waals surface area contributed by atoms with Crippen molar-refractivity contribution in [2.24, 2.45) is 5.92 Å². The fourth-order valence-electron chi connectivity index (χ4n) is 2.43. The molecule has 1 N–H and O–H groups in total. The van der Waals surface area contributed by atoms with Crippen molar-refractivity contribution in [2.45, 2.75) is 25.9 Å². The molecule has 6 heteroatoms. The molecule has 1 amide bonds. The second kappa shape index (κ2) is 7.59. The van der Waals surface area contributed by atoms with Crippen LogP contribution in [0.25, 0.3) is 0 Å². The van der Waals surface area contributed by atoms with Gasteiger partial charge >= 0.3 is 12.1 Å². The highest BCUT2D eigenvalue weighted by molar-refractivity contribution is 5.84. The maximum absolute atomic E-state index is 12.0. The third kappa shape index (κ3) is 4.58. The Kier molecular flexibility index (Phi) is 5.52. The molecule has 1 aliphatic rings. The number of ketones is 1. The molecular formula is C16H19NO5. The maximum Gasteiger partial charge on any atom is 0.410 e. The summed E-state index contributed by atoms with van der Waals surface area (Å²) in [5.41, 5.74) is 0.895. The molecule has 1 aromatic carbocycles. The third-order valence-corrected chi connectivity index (χ3v) is 3.69. The van der Waals surface area contributed by atoms with Crippen LogP contribution >= 0.6 is 0 Å². The van der Waals surface area contributed by atoms with Crippen LogP contribution in [0.1, 0.15) is 24.8 Å². The second-order valence-corrected chi connectivity index (χ2v) is 5.33. The molecule has 118 valence electrons. The molecule has 0 aromatic heterocycles. The summed E-state index contributed by atoms with van der Waals surface area (Å²) in [5.74, 6) is -1.32. The van der Waals surface area contributed by atoms with E-state index >= 15 is 0 Å². The molecule has 1 unspecified atom stereocenters. The molecule has 0 spiro atoms. The molecular weight excluding hydrogens is 286 g/mol. The number of hydrogen-bond donors (Lipinski definition) is 1. The van der Waals surface area contributed by atoms with E-state index in [2.05, 4.69) is 0 Å². The number of rotatable bonds is 5. The highest BCUT2D eigenvalue weighted by Gasteiger charge is 2.30. The number of benzene rings is 1. The van der Waals surface area contributed by atoms with Crippen molar-refractivity contribution in [3.8, 4) is 0 Å². The van der Waals surface area contributed by atoms with Crippen LogP contribution in [0.15, 0.2) is 30.3 Å². The Labute approximate surface area is 128 Å². The minimum Gasteiger partial charge on any atom is -0.481 e. The van der Waals surface area contributed by atoms with Gasteiger partial charge in [0, 0.05) is 31.8 Å². The first-order valence-corrected chi connectivity index (χ1v) is 7.26. The number of Topliss-reactive ketones (excluding diaryl/α,β-unsaturated/α-hetero) is 1. The Hall–Kier alpha value is -2.37. The van der Waals surface area contributed by atoms with E-state index in [9.17, 15) is 14.4 Å². The average molecular weight is 305 g/mol. The number of likely N-dealkylation sites (tertiary alicyclic amines) is 1. The summed E-state index contributed by atoms with van der Waals surface area (Å²) in [4.78, 5) is 35.9. The van der Waals surface area contributed by atoms with E-state index in [-0.39, 0.29) is 38.2 Å². The summed E-state index contributed by atoms with van der Waals surface area (Å²) < 4.78 is 5.24. The lowest BCUT2D eigenvalue weighted by atomic mass is 9.92. The van der Waals surface area contributed by atoms with E-state index in [1.54, 1.807) is 0 Å². The number of carboxylic acids is 1. The van der Waals surface area contributed by atoms with Gasteiger partial charge in [0.05, 0.1) is 0 Å². The van der Waals surface area contributed by atoms with Gasteiger partial charge in [-0.2, -0.15) is 0 Å². The summed E-state index contributed by atoms with van der Waals surface area (Å²) in [7, 11) is 0. The highest BCUT2D eigenvalue weighted by Crippen LogP contribution is 2.19. The van der Waals surface area contributed by atoms with E-state index in [0.29, 0.717) is 6.54 Å². The van der Waals surface area contributed by atoms with Crippen molar-refractivity contribution in [3.63, 3.8) is 0 Å². The predicted octanol–water partition coefficient (Wildman–Crippen LogP) is 2.08. The van der Waals surface area contributed by atoms with E-state index < -0.39 is 18.0 Å². The van der Waals surface area contributed by atoms with E-state index in [1.807, 2.05) is 30.3 Å². The normalized spacial score (nSPS) is 18.1. The van der Waals surface area contributed by atoms with Gasteiger partial charge in [-0.3, -0.25) is 9.59 Å². The quantitative estimate of drug-likeness (QED) is 0.900. The molecule has 0 bridgehead atoms. The largest absolute Gasteiger partial charge is 0.481 e. The molecule has 1 aromatic rings. The Morgan fingerprint density at radius 2 is 2.00 bits per heavy atom. The molecule has 1 fully saturated rings. The number of carbonyl (C=O) groups excluding carboxylic acids is 2. The predicted molar refractivity (Wildman–Crippen MR) is 78.2 cm³/mol. The van der Waals surface area contributed by atoms with Gasteiger partial charge in [-0.25, -0.2) is 4.79 Å². The first-order chi connectivity index (χ1) is 10.6. The first-order valence-electron chi connectivity index (χ1n) is 7.26. The lowest BCUT2D eigenvalue weighted by Gasteiger charge is -2.30. The molecule has 0 radical (unpaired) electrons. The number of piperidine rings is 1. The summed E-state index contributed by atoms with van der Waals surface area (Å²) in [6.45, 7) is 0.750. The molecule has 0 aliphatic carbocycles. The van der Waals surface area contributed by atoms with Crippen LogP contribution in [0, 0.1) is 5.92 Å². The topological polar surface area (TPSA) is 83.9 Å². The fraction of sp³-hybridized carbons (Fsp3) is 0.438. The minimum atomic E-state index is -0.934. The standard InChI is InChI=1S/C16H19NO5/c18-14-8-9-17(10-13(14)6-7-15(19)20)16(21)22-11-12-4-2-1-3-5-12/h1-5,13H,6-11H2,(H,19,20). The van der Waals surface area contributed by atoms with Gasteiger partial charge in [-0.1, -0.05) is 30.3 Å². The van der Waals surface area contributed by atoms with Crippen LogP contribution in [0.3, 0.4) is 0 Å². The van der Waals surface area contributed by atoms with Crippen molar-refractivity contribution >= 4 is 17.8 Å². The third-order valence-electron chi connectivity index (χ3n) is 3.69. The Morgan fingerprint density at radius 3 is 2.68 bits per heavy atom. The van der Waals surface area contributed by atoms with Gasteiger partial charge in [0.25, 0.3) is 0 Å². The van der Waals surface area contributed by atoms with Crippen molar-refractivity contribution in [3.05, 3.63) is 35.9 Å². The molecule has 1 heterocycles. The fourth-order valence-corrected chi connectivity index (χ4v) is 2.43. The monoisotopic (exact) mass is 305 g/mol. The lowest BCUT2D eigenvalue weighted by Crippen LogP contribution is -2.44. The van der Waals surface area contributed by atoms with Crippen molar-refractivity contribution in [1.29, 1.82) is 0 Å². The van der Waals surface area contributed by atoms with Crippen molar-refractivity contribution in [1.82, 2.24) is 4.90 Å². The van der Waals surface area contributed by atoms with Gasteiger partial charge in [0.1, 0.15) is 12.4 Å². The zero-order valence-electron chi connectivity index (χ0n) is 12.2. The number of ether oxygens (including phenoxy) is 1. The Bertz CT molecular complexity index is 543.